The molecule has 3 rings (SSSR count). The number of allylic oxidation sites excluding steroid dienone is 2. The molecule has 3 aliphatic rings. The van der Waals surface area contributed by atoms with Gasteiger partial charge in [-0.3, -0.25) is 0 Å². The zero-order chi connectivity index (χ0) is 9.00. The summed E-state index contributed by atoms with van der Waals surface area (Å²) in [5.41, 5.74) is 0. The van der Waals surface area contributed by atoms with Crippen LogP contribution in [0.2, 0.25) is 0 Å². The van der Waals surface area contributed by atoms with Gasteiger partial charge in [0.1, 0.15) is 0 Å². The fourth-order valence-electron chi connectivity index (χ4n) is 4.36. The van der Waals surface area contributed by atoms with E-state index in [0.717, 1.165) is 35.5 Å². The first-order valence-electron chi connectivity index (χ1n) is 5.95. The Morgan fingerprint density at radius 2 is 1.85 bits per heavy atom. The summed E-state index contributed by atoms with van der Waals surface area (Å²) < 4.78 is 0. The summed E-state index contributed by atoms with van der Waals surface area (Å²) >= 11 is 0. The first-order chi connectivity index (χ1) is 6.27. The molecule has 0 heteroatoms. The molecule has 0 aromatic carbocycles. The van der Waals surface area contributed by atoms with Gasteiger partial charge in [0, 0.05) is 0 Å². The number of hydrogen-bond acceptors (Lipinski definition) is 0. The molecule has 0 amide bonds. The number of hydrogen-bond donors (Lipinski definition) is 0. The smallest absolute Gasteiger partial charge is 0.0194 e. The Labute approximate surface area is 81.4 Å². The monoisotopic (exact) mass is 176 g/mol. The van der Waals surface area contributed by atoms with E-state index >= 15 is 0 Å². The van der Waals surface area contributed by atoms with E-state index in [4.69, 9.17) is 0 Å². The number of rotatable bonds is 1. The van der Waals surface area contributed by atoms with Crippen LogP contribution in [-0.2, 0) is 0 Å². The van der Waals surface area contributed by atoms with Crippen LogP contribution in [0.4, 0.5) is 0 Å². The van der Waals surface area contributed by atoms with Crippen LogP contribution in [0.3, 0.4) is 0 Å². The molecule has 0 radical (unpaired) electrons. The highest BCUT2D eigenvalue weighted by Crippen LogP contribution is 2.59. The van der Waals surface area contributed by atoms with Gasteiger partial charge in [0.25, 0.3) is 0 Å². The number of fused-ring (bicyclic) bond motifs is 5. The largest absolute Gasteiger partial charge is 0.0848 e. The van der Waals surface area contributed by atoms with Crippen LogP contribution in [-0.4, -0.2) is 0 Å². The van der Waals surface area contributed by atoms with Crippen molar-refractivity contribution in [3.8, 4) is 0 Å². The molecule has 0 aromatic rings. The van der Waals surface area contributed by atoms with E-state index in [0.29, 0.717) is 0 Å². The fraction of sp³-hybridized carbons (Fsp3) is 0.846. The molecule has 5 atom stereocenters. The molecule has 5 unspecified atom stereocenters. The van der Waals surface area contributed by atoms with E-state index in [2.05, 4.69) is 26.0 Å². The lowest BCUT2D eigenvalue weighted by Gasteiger charge is -2.28. The Kier molecular flexibility index (Phi) is 1.63. The normalized spacial score (nSPS) is 52.1. The predicted molar refractivity (Wildman–Crippen MR) is 55.3 cm³/mol. The molecule has 0 nitrogen and oxygen atoms in total. The summed E-state index contributed by atoms with van der Waals surface area (Å²) in [7, 11) is 0. The SMILES string of the molecule is CC(C)C1CCC2C3C=CC(C3)C12. The fourth-order valence-corrected chi connectivity index (χ4v) is 4.36. The second kappa shape index (κ2) is 2.62. The third-order valence-electron chi connectivity index (χ3n) is 4.87. The molecule has 2 saturated carbocycles. The van der Waals surface area contributed by atoms with Gasteiger partial charge >= 0.3 is 0 Å². The van der Waals surface area contributed by atoms with Crippen molar-refractivity contribution in [2.24, 2.45) is 35.5 Å². The third-order valence-corrected chi connectivity index (χ3v) is 4.87. The Morgan fingerprint density at radius 1 is 1.08 bits per heavy atom. The van der Waals surface area contributed by atoms with E-state index < -0.39 is 0 Å². The van der Waals surface area contributed by atoms with Crippen molar-refractivity contribution in [1.82, 2.24) is 0 Å². The molecule has 2 bridgehead atoms. The maximum Gasteiger partial charge on any atom is -0.0194 e. The second-order valence-electron chi connectivity index (χ2n) is 5.67. The molecule has 2 fully saturated rings. The molecule has 3 aliphatic carbocycles. The van der Waals surface area contributed by atoms with Crippen molar-refractivity contribution >= 4 is 0 Å². The van der Waals surface area contributed by atoms with Gasteiger partial charge in [-0.25, -0.2) is 0 Å². The van der Waals surface area contributed by atoms with Crippen LogP contribution >= 0.6 is 0 Å². The van der Waals surface area contributed by atoms with Gasteiger partial charge in [-0.05, 0) is 54.8 Å². The molecule has 72 valence electrons. The van der Waals surface area contributed by atoms with E-state index in [1.165, 1.54) is 19.3 Å². The Bertz CT molecular complexity index is 238. The minimum Gasteiger partial charge on any atom is -0.0848 e. The predicted octanol–water partition coefficient (Wildman–Crippen LogP) is 3.49. The molecule has 0 aromatic heterocycles. The lowest BCUT2D eigenvalue weighted by atomic mass is 9.77. The van der Waals surface area contributed by atoms with Crippen molar-refractivity contribution in [1.29, 1.82) is 0 Å². The lowest BCUT2D eigenvalue weighted by Crippen LogP contribution is -2.22. The molecule has 0 aliphatic heterocycles. The summed E-state index contributed by atoms with van der Waals surface area (Å²) in [4.78, 5) is 0. The minimum atomic E-state index is 0.919. The van der Waals surface area contributed by atoms with Crippen LogP contribution in [0.5, 0.6) is 0 Å². The summed E-state index contributed by atoms with van der Waals surface area (Å²) in [6.45, 7) is 4.84. The van der Waals surface area contributed by atoms with Gasteiger partial charge < -0.3 is 0 Å². The highest BCUT2D eigenvalue weighted by atomic mass is 14.6. The van der Waals surface area contributed by atoms with E-state index in [-0.39, 0.29) is 0 Å². The molecule has 0 saturated heterocycles. The van der Waals surface area contributed by atoms with Crippen molar-refractivity contribution in [2.75, 3.05) is 0 Å². The van der Waals surface area contributed by atoms with Gasteiger partial charge in [0.2, 0.25) is 0 Å². The average Bonchev–Trinajstić information content (AvgIpc) is 2.76. The molecule has 0 heterocycles. The molecule has 0 spiro atoms. The molecular formula is C13H20. The summed E-state index contributed by atoms with van der Waals surface area (Å²) in [6.07, 6.45) is 9.57. The first kappa shape index (κ1) is 8.08. The van der Waals surface area contributed by atoms with Gasteiger partial charge in [0.05, 0.1) is 0 Å². The highest BCUT2D eigenvalue weighted by Gasteiger charge is 2.51. The van der Waals surface area contributed by atoms with Crippen LogP contribution in [0.1, 0.15) is 33.1 Å². The lowest BCUT2D eigenvalue weighted by molar-refractivity contribution is 0.233. The van der Waals surface area contributed by atoms with Crippen molar-refractivity contribution in [2.45, 2.75) is 33.1 Å². The Morgan fingerprint density at radius 3 is 2.62 bits per heavy atom. The summed E-state index contributed by atoms with van der Waals surface area (Å²) in [5, 5.41) is 0. The van der Waals surface area contributed by atoms with Gasteiger partial charge in [-0.1, -0.05) is 26.0 Å². The van der Waals surface area contributed by atoms with E-state index in [9.17, 15) is 0 Å². The summed E-state index contributed by atoms with van der Waals surface area (Å²) in [5.74, 6) is 6.09. The summed E-state index contributed by atoms with van der Waals surface area (Å²) in [6, 6.07) is 0. The van der Waals surface area contributed by atoms with Crippen molar-refractivity contribution in [3.63, 3.8) is 0 Å². The van der Waals surface area contributed by atoms with Gasteiger partial charge in [-0.2, -0.15) is 0 Å². The Hall–Kier alpha value is -0.260. The standard InChI is InChI=1S/C13H20/c1-8(2)11-5-6-12-9-3-4-10(7-9)13(11)12/h3-4,8-13H,5-7H2,1-2H3. The zero-order valence-corrected chi connectivity index (χ0v) is 8.74. The van der Waals surface area contributed by atoms with Crippen molar-refractivity contribution < 1.29 is 0 Å². The third kappa shape index (κ3) is 0.978. The topological polar surface area (TPSA) is 0 Å². The molecule has 13 heavy (non-hydrogen) atoms. The van der Waals surface area contributed by atoms with Crippen LogP contribution < -0.4 is 0 Å². The minimum absolute atomic E-state index is 0.919. The van der Waals surface area contributed by atoms with Gasteiger partial charge in [0.15, 0.2) is 0 Å². The maximum absolute atomic E-state index is 2.52. The van der Waals surface area contributed by atoms with E-state index in [1.807, 2.05) is 0 Å². The maximum atomic E-state index is 2.52. The van der Waals surface area contributed by atoms with Crippen LogP contribution in [0.15, 0.2) is 12.2 Å². The quantitative estimate of drug-likeness (QED) is 0.536. The zero-order valence-electron chi connectivity index (χ0n) is 8.74. The molecule has 0 N–H and O–H groups in total. The van der Waals surface area contributed by atoms with E-state index in [1.54, 1.807) is 0 Å². The van der Waals surface area contributed by atoms with Crippen LogP contribution in [0.25, 0.3) is 0 Å². The van der Waals surface area contributed by atoms with Crippen molar-refractivity contribution in [3.05, 3.63) is 12.2 Å². The van der Waals surface area contributed by atoms with Crippen LogP contribution in [0, 0.1) is 35.5 Å². The Balaban J connectivity index is 1.88. The average molecular weight is 176 g/mol. The second-order valence-corrected chi connectivity index (χ2v) is 5.67. The molecular weight excluding hydrogens is 156 g/mol. The van der Waals surface area contributed by atoms with Gasteiger partial charge in [-0.15, -0.1) is 0 Å². The highest BCUT2D eigenvalue weighted by molar-refractivity contribution is 5.16. The first-order valence-corrected chi connectivity index (χ1v) is 5.95.